The van der Waals surface area contributed by atoms with Gasteiger partial charge in [-0.2, -0.15) is 0 Å². The second-order valence-electron chi connectivity index (χ2n) is 14.1. The number of hydrogen-bond donors (Lipinski definition) is 3. The van der Waals surface area contributed by atoms with Gasteiger partial charge in [0.25, 0.3) is 0 Å². The fraction of sp³-hybridized carbons (Fsp3) is 0.744. The van der Waals surface area contributed by atoms with Gasteiger partial charge in [0, 0.05) is 12.8 Å². The highest BCUT2D eigenvalue weighted by Gasteiger charge is 2.28. The van der Waals surface area contributed by atoms with Crippen LogP contribution in [-0.2, 0) is 37.5 Å². The van der Waals surface area contributed by atoms with E-state index < -0.39 is 51.1 Å². The second kappa shape index (κ2) is 38.3. The van der Waals surface area contributed by atoms with E-state index in [0.717, 1.165) is 57.8 Å². The summed E-state index contributed by atoms with van der Waals surface area (Å²) in [6, 6.07) is -1.53. The highest BCUT2D eigenvalue weighted by molar-refractivity contribution is 7.47. The molecule has 0 radical (unpaired) electrons. The zero-order valence-electron chi connectivity index (χ0n) is 34.3. The van der Waals surface area contributed by atoms with Crippen LogP contribution in [-0.4, -0.2) is 59.9 Å². The first-order valence-corrected chi connectivity index (χ1v) is 22.7. The Hall–Kier alpha value is -2.56. The Labute approximate surface area is 333 Å². The monoisotopic (exact) mass is 798 g/mol. The Morgan fingerprint density at radius 2 is 1.02 bits per heavy atom. The predicted octanol–water partition coefficient (Wildman–Crippen LogP) is 11.0. The average molecular weight is 798 g/mol. The SMILES string of the molecule is CC/C=C/C/C=C/C/C=C/C/C=C/CCCCC(=O)O[C@H](COC(=O)CCCCCCCCCCCCCCCCCC)COP(=O)(O)OC[C@H](N)C(=O)O. The number of carboxylic acid groups (broad SMARTS) is 1. The molecule has 0 bridgehead atoms. The molecule has 1 unspecified atom stereocenters. The Bertz CT molecular complexity index is 1120. The predicted molar refractivity (Wildman–Crippen MR) is 222 cm³/mol. The van der Waals surface area contributed by atoms with Crippen molar-refractivity contribution in [1.82, 2.24) is 0 Å². The number of nitrogens with two attached hydrogens (primary N) is 1. The number of esters is 2. The maximum atomic E-state index is 12.6. The van der Waals surface area contributed by atoms with Crippen molar-refractivity contribution in [3.05, 3.63) is 48.6 Å². The van der Waals surface area contributed by atoms with Crippen molar-refractivity contribution in [2.24, 2.45) is 5.73 Å². The minimum Gasteiger partial charge on any atom is -0.480 e. The Morgan fingerprint density at radius 3 is 1.53 bits per heavy atom. The number of hydrogen-bond acceptors (Lipinski definition) is 9. The summed E-state index contributed by atoms with van der Waals surface area (Å²) < 4.78 is 32.6. The number of allylic oxidation sites excluding steroid dienone is 8. The van der Waals surface area contributed by atoms with Crippen LogP contribution in [0.15, 0.2) is 48.6 Å². The molecule has 12 heteroatoms. The molecule has 0 spiro atoms. The smallest absolute Gasteiger partial charge is 0.472 e. The quantitative estimate of drug-likeness (QED) is 0.0234. The summed E-state index contributed by atoms with van der Waals surface area (Å²) in [4.78, 5) is 45.9. The minimum absolute atomic E-state index is 0.109. The molecule has 4 N–H and O–H groups in total. The molecule has 55 heavy (non-hydrogen) atoms. The lowest BCUT2D eigenvalue weighted by Crippen LogP contribution is -2.34. The average Bonchev–Trinajstić information content (AvgIpc) is 3.16. The number of ether oxygens (including phenoxy) is 2. The summed E-state index contributed by atoms with van der Waals surface area (Å²) in [6.07, 6.45) is 41.8. The van der Waals surface area contributed by atoms with Crippen LogP contribution in [0.4, 0.5) is 0 Å². The van der Waals surface area contributed by atoms with Crippen molar-refractivity contribution in [3.63, 3.8) is 0 Å². The number of phosphoric acid groups is 1. The number of phosphoric ester groups is 1. The summed E-state index contributed by atoms with van der Waals surface area (Å²) in [7, 11) is -4.72. The molecule has 11 nitrogen and oxygen atoms in total. The summed E-state index contributed by atoms with van der Waals surface area (Å²) in [5.74, 6) is -2.43. The van der Waals surface area contributed by atoms with Gasteiger partial charge in [-0.05, 0) is 51.4 Å². The lowest BCUT2D eigenvalue weighted by molar-refractivity contribution is -0.161. The number of aliphatic carboxylic acids is 1. The van der Waals surface area contributed by atoms with Crippen molar-refractivity contribution < 1.29 is 47.5 Å². The fourth-order valence-corrected chi connectivity index (χ4v) is 6.30. The molecular weight excluding hydrogens is 721 g/mol. The summed E-state index contributed by atoms with van der Waals surface area (Å²) >= 11 is 0. The van der Waals surface area contributed by atoms with Crippen molar-refractivity contribution >= 4 is 25.7 Å². The first kappa shape index (κ1) is 52.4. The molecule has 0 aliphatic heterocycles. The van der Waals surface area contributed by atoms with Gasteiger partial charge in [0.15, 0.2) is 6.10 Å². The molecule has 0 aromatic heterocycles. The van der Waals surface area contributed by atoms with E-state index in [-0.39, 0.29) is 19.4 Å². The van der Waals surface area contributed by atoms with Crippen LogP contribution in [0.2, 0.25) is 0 Å². The van der Waals surface area contributed by atoms with Crippen LogP contribution < -0.4 is 5.73 Å². The molecule has 0 aromatic carbocycles. The Balaban J connectivity index is 4.43. The van der Waals surface area contributed by atoms with Crippen molar-refractivity contribution in [2.45, 2.75) is 187 Å². The number of carboxylic acids is 1. The van der Waals surface area contributed by atoms with Gasteiger partial charge in [-0.15, -0.1) is 0 Å². The topological polar surface area (TPSA) is 172 Å². The van der Waals surface area contributed by atoms with E-state index in [2.05, 4.69) is 67.0 Å². The van der Waals surface area contributed by atoms with Crippen molar-refractivity contribution in [1.29, 1.82) is 0 Å². The molecule has 0 fully saturated rings. The molecule has 0 heterocycles. The van der Waals surface area contributed by atoms with Crippen LogP contribution in [0.1, 0.15) is 174 Å². The van der Waals surface area contributed by atoms with Gasteiger partial charge in [0.05, 0.1) is 13.2 Å². The van der Waals surface area contributed by atoms with E-state index in [4.69, 9.17) is 24.8 Å². The molecule has 3 atom stereocenters. The summed E-state index contributed by atoms with van der Waals surface area (Å²) in [5.41, 5.74) is 5.32. The highest BCUT2D eigenvalue weighted by Crippen LogP contribution is 2.43. The van der Waals surface area contributed by atoms with Crippen LogP contribution in [0.5, 0.6) is 0 Å². The lowest BCUT2D eigenvalue weighted by Gasteiger charge is -2.20. The van der Waals surface area contributed by atoms with Gasteiger partial charge in [-0.3, -0.25) is 23.4 Å². The van der Waals surface area contributed by atoms with Gasteiger partial charge in [-0.1, -0.05) is 159 Å². The summed E-state index contributed by atoms with van der Waals surface area (Å²) in [6.45, 7) is 2.65. The molecule has 0 saturated carbocycles. The lowest BCUT2D eigenvalue weighted by atomic mass is 10.0. The minimum atomic E-state index is -4.72. The zero-order chi connectivity index (χ0) is 40.7. The van der Waals surface area contributed by atoms with E-state index in [0.29, 0.717) is 12.8 Å². The number of carbonyl (C=O) groups excluding carboxylic acids is 2. The second-order valence-corrected chi connectivity index (χ2v) is 15.6. The van der Waals surface area contributed by atoms with E-state index in [1.165, 1.54) is 77.0 Å². The van der Waals surface area contributed by atoms with Gasteiger partial charge in [0.2, 0.25) is 0 Å². The van der Waals surface area contributed by atoms with E-state index >= 15 is 0 Å². The zero-order valence-corrected chi connectivity index (χ0v) is 35.2. The third-order valence-electron chi connectivity index (χ3n) is 8.84. The van der Waals surface area contributed by atoms with Gasteiger partial charge in [0.1, 0.15) is 12.6 Å². The standard InChI is InChI=1S/C43H76NO10P/c1-3-5-7-9-11-13-15-17-19-21-22-24-26-28-30-32-34-41(45)51-36-39(37-52-55(49,50)53-38-40(44)43(47)48)54-42(46)35-33-31-29-27-25-23-20-18-16-14-12-10-8-6-4-2/h6,8,12,14,18,20,25,27,39-40H,3-5,7,9-11,13,15-17,19,21-24,26,28-38,44H2,1-2H3,(H,47,48)(H,49,50)/b8-6+,14-12+,20-18+,27-25+/t39-,40+/m1/s1. The molecule has 318 valence electrons. The van der Waals surface area contributed by atoms with Gasteiger partial charge in [-0.25, -0.2) is 4.57 Å². The van der Waals surface area contributed by atoms with Crippen LogP contribution in [0, 0.1) is 0 Å². The van der Waals surface area contributed by atoms with Crippen molar-refractivity contribution in [3.8, 4) is 0 Å². The van der Waals surface area contributed by atoms with Crippen LogP contribution >= 0.6 is 7.82 Å². The van der Waals surface area contributed by atoms with Crippen molar-refractivity contribution in [2.75, 3.05) is 19.8 Å². The number of unbranched alkanes of at least 4 members (excludes halogenated alkanes) is 17. The Morgan fingerprint density at radius 1 is 0.582 bits per heavy atom. The fourth-order valence-electron chi connectivity index (χ4n) is 5.53. The van der Waals surface area contributed by atoms with E-state index in [1.54, 1.807) is 0 Å². The molecule has 0 aromatic rings. The maximum absolute atomic E-state index is 12.6. The third kappa shape index (κ3) is 38.1. The summed E-state index contributed by atoms with van der Waals surface area (Å²) in [5, 5.41) is 8.88. The maximum Gasteiger partial charge on any atom is 0.472 e. The van der Waals surface area contributed by atoms with Gasteiger partial charge < -0.3 is 25.2 Å². The molecular formula is C43H76NO10P. The highest BCUT2D eigenvalue weighted by atomic mass is 31.2. The largest absolute Gasteiger partial charge is 0.480 e. The number of carbonyl (C=O) groups is 3. The normalized spacial score (nSPS) is 14.3. The van der Waals surface area contributed by atoms with E-state index in [1.807, 2.05) is 0 Å². The number of rotatable bonds is 39. The molecule has 0 aliphatic rings. The first-order valence-electron chi connectivity index (χ1n) is 21.2. The molecule has 0 rings (SSSR count). The molecule has 0 amide bonds. The third-order valence-corrected chi connectivity index (χ3v) is 9.79. The molecule has 0 aliphatic carbocycles. The van der Waals surface area contributed by atoms with E-state index in [9.17, 15) is 23.8 Å². The Kier molecular flexibility index (Phi) is 36.5. The van der Waals surface area contributed by atoms with Gasteiger partial charge >= 0.3 is 25.7 Å². The van der Waals surface area contributed by atoms with Crippen LogP contribution in [0.3, 0.4) is 0 Å². The molecule has 0 saturated heterocycles. The first-order chi connectivity index (χ1) is 26.6. The van der Waals surface area contributed by atoms with Crippen LogP contribution in [0.25, 0.3) is 0 Å².